The summed E-state index contributed by atoms with van der Waals surface area (Å²) in [5, 5.41) is 0. The summed E-state index contributed by atoms with van der Waals surface area (Å²) in [7, 11) is 0. The van der Waals surface area contributed by atoms with Gasteiger partial charge in [0, 0.05) is 5.71 Å². The van der Waals surface area contributed by atoms with Crippen molar-refractivity contribution in [2.24, 2.45) is 10.3 Å². The van der Waals surface area contributed by atoms with Gasteiger partial charge in [-0.3, -0.25) is 0 Å². The van der Waals surface area contributed by atoms with Gasteiger partial charge in [-0.2, -0.15) is 0 Å². The predicted molar refractivity (Wildman–Crippen MR) is 57.7 cm³/mol. The van der Waals surface area contributed by atoms with Crippen molar-refractivity contribution in [2.45, 2.75) is 39.4 Å². The predicted octanol–water partition coefficient (Wildman–Crippen LogP) is 3.47. The highest BCUT2D eigenvalue weighted by Crippen LogP contribution is 2.42. The first-order chi connectivity index (χ1) is 5.47. The van der Waals surface area contributed by atoms with E-state index in [0.717, 1.165) is 5.71 Å². The smallest absolute Gasteiger partial charge is 0.0582 e. The van der Waals surface area contributed by atoms with Crippen LogP contribution in [0.1, 0.15) is 34.6 Å². The topological polar surface area (TPSA) is 12.4 Å². The summed E-state index contributed by atoms with van der Waals surface area (Å²) in [5.41, 5.74) is 2.57. The summed E-state index contributed by atoms with van der Waals surface area (Å²) in [6.45, 7) is 11.0. The molecule has 0 aromatic heterocycles. The Labute approximate surface area is 79.5 Å². The molecule has 0 radical (unpaired) electrons. The molecular formula is C10H17NS. The zero-order valence-electron chi connectivity index (χ0n) is 8.51. The molecule has 0 N–H and O–H groups in total. The van der Waals surface area contributed by atoms with Gasteiger partial charge < -0.3 is 0 Å². The lowest BCUT2D eigenvalue weighted by Crippen LogP contribution is -2.30. The van der Waals surface area contributed by atoms with Crippen molar-refractivity contribution in [1.82, 2.24) is 0 Å². The van der Waals surface area contributed by atoms with Gasteiger partial charge in [0.05, 0.1) is 4.75 Å². The van der Waals surface area contributed by atoms with Crippen LogP contribution in [0.5, 0.6) is 0 Å². The van der Waals surface area contributed by atoms with Crippen LogP contribution in [0.15, 0.2) is 16.0 Å². The Balaban J connectivity index is 2.93. The van der Waals surface area contributed by atoms with Crippen molar-refractivity contribution in [1.29, 1.82) is 0 Å². The number of nitrogens with zero attached hydrogens (tertiary/aromatic N) is 1. The second-order valence-corrected chi connectivity index (χ2v) is 5.13. The van der Waals surface area contributed by atoms with E-state index in [1.807, 2.05) is 0 Å². The normalized spacial score (nSPS) is 30.2. The maximum absolute atomic E-state index is 4.41. The van der Waals surface area contributed by atoms with E-state index >= 15 is 0 Å². The van der Waals surface area contributed by atoms with Crippen molar-refractivity contribution in [3.63, 3.8) is 0 Å². The molecule has 1 unspecified atom stereocenters. The fraction of sp³-hybridized carbons (Fsp3) is 0.700. The monoisotopic (exact) mass is 183 g/mol. The third-order valence-corrected chi connectivity index (χ3v) is 4.24. The van der Waals surface area contributed by atoms with Gasteiger partial charge in [-0.25, -0.2) is 4.40 Å². The van der Waals surface area contributed by atoms with E-state index in [4.69, 9.17) is 0 Å². The third-order valence-electron chi connectivity index (χ3n) is 2.69. The van der Waals surface area contributed by atoms with Crippen LogP contribution in [0, 0.1) is 5.92 Å². The number of allylic oxidation sites excluding steroid dienone is 1. The van der Waals surface area contributed by atoms with Gasteiger partial charge in [-0.05, 0) is 44.7 Å². The molecule has 1 atom stereocenters. The molecule has 0 saturated carbocycles. The summed E-state index contributed by atoms with van der Waals surface area (Å²) in [6, 6.07) is 0. The lowest BCUT2D eigenvalue weighted by Gasteiger charge is -2.34. The maximum atomic E-state index is 4.41. The Morgan fingerprint density at radius 1 is 1.42 bits per heavy atom. The Morgan fingerprint density at radius 3 is 2.42 bits per heavy atom. The highest BCUT2D eigenvalue weighted by molar-refractivity contribution is 7.99. The molecule has 1 aliphatic rings. The van der Waals surface area contributed by atoms with E-state index in [1.165, 1.54) is 5.57 Å². The SMILES string of the molecule is CC1=CC(C)=NSC1(C)C(C)C. The molecule has 1 heterocycles. The largest absolute Gasteiger partial charge is 0.221 e. The van der Waals surface area contributed by atoms with Crippen LogP contribution in [-0.2, 0) is 0 Å². The fourth-order valence-electron chi connectivity index (χ4n) is 1.28. The zero-order valence-corrected chi connectivity index (χ0v) is 9.33. The standard InChI is InChI=1S/C10H17NS/c1-7(2)10(5)8(3)6-9(4)11-12-10/h6-7H,1-5H3. The van der Waals surface area contributed by atoms with Crippen LogP contribution in [0.3, 0.4) is 0 Å². The van der Waals surface area contributed by atoms with E-state index in [1.54, 1.807) is 11.9 Å². The Bertz CT molecular complexity index is 240. The molecule has 0 saturated heterocycles. The Hall–Kier alpha value is -0.240. The van der Waals surface area contributed by atoms with E-state index in [-0.39, 0.29) is 4.75 Å². The van der Waals surface area contributed by atoms with Gasteiger partial charge in [0.25, 0.3) is 0 Å². The summed E-state index contributed by atoms with van der Waals surface area (Å²) in [6.07, 6.45) is 2.19. The van der Waals surface area contributed by atoms with Crippen LogP contribution in [0.2, 0.25) is 0 Å². The minimum atomic E-state index is 0.208. The first kappa shape index (κ1) is 9.85. The van der Waals surface area contributed by atoms with Gasteiger partial charge in [-0.15, -0.1) is 0 Å². The molecule has 1 nitrogen and oxygen atoms in total. The van der Waals surface area contributed by atoms with Gasteiger partial charge in [-0.1, -0.05) is 19.4 Å². The third kappa shape index (κ3) is 1.58. The van der Waals surface area contributed by atoms with E-state index < -0.39 is 0 Å². The second-order valence-electron chi connectivity index (χ2n) is 3.91. The number of hydrogen-bond donors (Lipinski definition) is 0. The van der Waals surface area contributed by atoms with Crippen molar-refractivity contribution < 1.29 is 0 Å². The van der Waals surface area contributed by atoms with Crippen LogP contribution in [-0.4, -0.2) is 10.5 Å². The van der Waals surface area contributed by atoms with Crippen LogP contribution < -0.4 is 0 Å². The Kier molecular flexibility index (Phi) is 2.67. The highest BCUT2D eigenvalue weighted by atomic mass is 32.2. The van der Waals surface area contributed by atoms with Crippen molar-refractivity contribution >= 4 is 17.7 Å². The maximum Gasteiger partial charge on any atom is 0.0582 e. The molecule has 0 bridgehead atoms. The molecule has 0 aromatic rings. The van der Waals surface area contributed by atoms with Crippen LogP contribution in [0.25, 0.3) is 0 Å². The number of rotatable bonds is 1. The summed E-state index contributed by atoms with van der Waals surface area (Å²) < 4.78 is 4.62. The Morgan fingerprint density at radius 2 is 2.00 bits per heavy atom. The molecule has 0 aromatic carbocycles. The lowest BCUT2D eigenvalue weighted by atomic mass is 9.89. The fourth-order valence-corrected chi connectivity index (χ4v) is 2.08. The lowest BCUT2D eigenvalue weighted by molar-refractivity contribution is 0.524. The molecule has 12 heavy (non-hydrogen) atoms. The number of hydrogen-bond acceptors (Lipinski definition) is 2. The van der Waals surface area contributed by atoms with Crippen molar-refractivity contribution in [3.05, 3.63) is 11.6 Å². The average Bonchev–Trinajstić information content (AvgIpc) is 1.97. The van der Waals surface area contributed by atoms with E-state index in [9.17, 15) is 0 Å². The molecular weight excluding hydrogens is 166 g/mol. The van der Waals surface area contributed by atoms with Gasteiger partial charge in [0.1, 0.15) is 0 Å². The molecule has 1 aliphatic heterocycles. The molecule has 1 rings (SSSR count). The van der Waals surface area contributed by atoms with E-state index in [0.29, 0.717) is 5.92 Å². The molecule has 0 fully saturated rings. The summed E-state index contributed by atoms with van der Waals surface area (Å²) in [4.78, 5) is 0. The van der Waals surface area contributed by atoms with Crippen LogP contribution >= 0.6 is 11.9 Å². The molecule has 0 amide bonds. The van der Waals surface area contributed by atoms with Gasteiger partial charge in [0.2, 0.25) is 0 Å². The molecule has 2 heteroatoms. The zero-order chi connectivity index (χ0) is 9.35. The summed E-state index contributed by atoms with van der Waals surface area (Å²) in [5.74, 6) is 0.635. The first-order valence-electron chi connectivity index (χ1n) is 4.38. The van der Waals surface area contributed by atoms with Gasteiger partial charge in [0.15, 0.2) is 0 Å². The average molecular weight is 183 g/mol. The van der Waals surface area contributed by atoms with Gasteiger partial charge >= 0.3 is 0 Å². The highest BCUT2D eigenvalue weighted by Gasteiger charge is 2.33. The first-order valence-corrected chi connectivity index (χ1v) is 5.15. The minimum absolute atomic E-state index is 0.208. The van der Waals surface area contributed by atoms with Crippen molar-refractivity contribution in [3.8, 4) is 0 Å². The van der Waals surface area contributed by atoms with E-state index in [2.05, 4.69) is 45.1 Å². The molecule has 0 aliphatic carbocycles. The minimum Gasteiger partial charge on any atom is -0.221 e. The van der Waals surface area contributed by atoms with Crippen molar-refractivity contribution in [2.75, 3.05) is 0 Å². The summed E-state index contributed by atoms with van der Waals surface area (Å²) >= 11 is 1.71. The quantitative estimate of drug-likeness (QED) is 0.567. The second kappa shape index (κ2) is 3.25. The molecule has 0 spiro atoms. The molecule has 68 valence electrons. The van der Waals surface area contributed by atoms with Crippen LogP contribution in [0.4, 0.5) is 0 Å².